The van der Waals surface area contributed by atoms with E-state index < -0.39 is 0 Å². The van der Waals surface area contributed by atoms with Gasteiger partial charge in [0.2, 0.25) is 0 Å². The third kappa shape index (κ3) is 2.23. The second-order valence-electron chi connectivity index (χ2n) is 3.20. The Balaban J connectivity index is 2.79. The molecule has 13 heavy (non-hydrogen) atoms. The zero-order valence-electron chi connectivity index (χ0n) is 8.45. The normalized spacial score (nSPS) is 20.2. The molecule has 0 aromatic heterocycles. The van der Waals surface area contributed by atoms with Crippen LogP contribution in [0.1, 0.15) is 33.1 Å². The maximum absolute atomic E-state index is 8.82. The summed E-state index contributed by atoms with van der Waals surface area (Å²) in [5.74, 6) is 0. The molecule has 0 fully saturated rings. The van der Waals surface area contributed by atoms with Crippen LogP contribution in [0.3, 0.4) is 0 Å². The van der Waals surface area contributed by atoms with Gasteiger partial charge in [-0.2, -0.15) is 0 Å². The number of oxime groups is 1. The van der Waals surface area contributed by atoms with E-state index in [1.54, 1.807) is 0 Å². The van der Waals surface area contributed by atoms with Crippen LogP contribution in [0.5, 0.6) is 0 Å². The summed E-state index contributed by atoms with van der Waals surface area (Å²) in [6.45, 7) is 6.19. The minimum atomic E-state index is 0.843. The van der Waals surface area contributed by atoms with Gasteiger partial charge < -0.3 is 10.1 Å². The lowest BCUT2D eigenvalue weighted by atomic mass is 10.0. The third-order valence-corrected chi connectivity index (χ3v) is 2.48. The van der Waals surface area contributed by atoms with Crippen LogP contribution in [0.25, 0.3) is 0 Å². The smallest absolute Gasteiger partial charge is 0.102 e. The number of allylic oxidation sites excluding steroid dienone is 2. The van der Waals surface area contributed by atoms with Crippen molar-refractivity contribution < 1.29 is 5.21 Å². The molecule has 1 aliphatic carbocycles. The van der Waals surface area contributed by atoms with Gasteiger partial charge in [-0.3, -0.25) is 0 Å². The molecule has 0 bridgehead atoms. The Morgan fingerprint density at radius 1 is 1.46 bits per heavy atom. The van der Waals surface area contributed by atoms with E-state index in [4.69, 9.17) is 5.21 Å². The first kappa shape index (κ1) is 10.1. The van der Waals surface area contributed by atoms with E-state index in [0.29, 0.717) is 0 Å². The van der Waals surface area contributed by atoms with Gasteiger partial charge in [-0.25, -0.2) is 0 Å². The molecule has 0 heterocycles. The lowest BCUT2D eigenvalue weighted by molar-refractivity contribution is 0.312. The fraction of sp³-hybridized carbons (Fsp3) is 0.700. The van der Waals surface area contributed by atoms with E-state index in [0.717, 1.165) is 43.8 Å². The van der Waals surface area contributed by atoms with Crippen molar-refractivity contribution in [2.45, 2.75) is 33.1 Å². The van der Waals surface area contributed by atoms with Gasteiger partial charge in [0.1, 0.15) is 5.71 Å². The molecule has 0 saturated heterocycles. The maximum atomic E-state index is 8.82. The molecule has 0 unspecified atom stereocenters. The Morgan fingerprint density at radius 3 is 2.69 bits per heavy atom. The molecule has 3 nitrogen and oxygen atoms in total. The summed E-state index contributed by atoms with van der Waals surface area (Å²) in [7, 11) is 0. The fourth-order valence-corrected chi connectivity index (χ4v) is 1.73. The first-order chi connectivity index (χ1) is 6.33. The molecular weight excluding hydrogens is 164 g/mol. The lowest BCUT2D eigenvalue weighted by Gasteiger charge is -2.27. The van der Waals surface area contributed by atoms with Crippen molar-refractivity contribution in [3.63, 3.8) is 0 Å². The van der Waals surface area contributed by atoms with E-state index in [1.165, 1.54) is 0 Å². The molecule has 0 aromatic rings. The first-order valence-corrected chi connectivity index (χ1v) is 4.99. The lowest BCUT2D eigenvalue weighted by Crippen LogP contribution is -2.28. The van der Waals surface area contributed by atoms with Gasteiger partial charge in [0.25, 0.3) is 0 Å². The quantitative estimate of drug-likeness (QED) is 0.536. The van der Waals surface area contributed by atoms with Crippen LogP contribution < -0.4 is 0 Å². The Morgan fingerprint density at radius 2 is 2.15 bits per heavy atom. The van der Waals surface area contributed by atoms with E-state index in [9.17, 15) is 0 Å². The second-order valence-corrected chi connectivity index (χ2v) is 3.20. The SMILES string of the molecule is CCN(CC)C1=CCCCC1=NO. The molecule has 0 amide bonds. The van der Waals surface area contributed by atoms with E-state index in [2.05, 4.69) is 30.0 Å². The molecule has 1 N–H and O–H groups in total. The number of hydrogen-bond acceptors (Lipinski definition) is 3. The summed E-state index contributed by atoms with van der Waals surface area (Å²) in [4.78, 5) is 2.23. The highest BCUT2D eigenvalue weighted by molar-refractivity contribution is 5.99. The highest BCUT2D eigenvalue weighted by atomic mass is 16.4. The molecular formula is C10H18N2O. The largest absolute Gasteiger partial charge is 0.411 e. The van der Waals surface area contributed by atoms with E-state index in [1.807, 2.05) is 0 Å². The molecule has 74 valence electrons. The van der Waals surface area contributed by atoms with Gasteiger partial charge in [-0.15, -0.1) is 0 Å². The van der Waals surface area contributed by atoms with Crippen molar-refractivity contribution in [2.75, 3.05) is 13.1 Å². The van der Waals surface area contributed by atoms with Crippen molar-refractivity contribution in [3.8, 4) is 0 Å². The Bertz CT molecular complexity index is 217. The number of nitrogens with zero attached hydrogens (tertiary/aromatic N) is 2. The predicted octanol–water partition coefficient (Wildman–Crippen LogP) is 2.23. The second kappa shape index (κ2) is 4.90. The molecule has 0 radical (unpaired) electrons. The van der Waals surface area contributed by atoms with E-state index in [-0.39, 0.29) is 0 Å². The number of hydrogen-bond donors (Lipinski definition) is 1. The van der Waals surface area contributed by atoms with Gasteiger partial charge in [0.15, 0.2) is 0 Å². The summed E-state index contributed by atoms with van der Waals surface area (Å²) in [5.41, 5.74) is 1.97. The molecule has 0 aliphatic heterocycles. The van der Waals surface area contributed by atoms with Gasteiger partial charge >= 0.3 is 0 Å². The highest BCUT2D eigenvalue weighted by Crippen LogP contribution is 2.18. The van der Waals surface area contributed by atoms with Crippen LogP contribution in [0.15, 0.2) is 16.9 Å². The summed E-state index contributed by atoms with van der Waals surface area (Å²) in [6, 6.07) is 0. The molecule has 0 saturated carbocycles. The van der Waals surface area contributed by atoms with Crippen molar-refractivity contribution >= 4 is 5.71 Å². The predicted molar refractivity (Wildman–Crippen MR) is 54.1 cm³/mol. The van der Waals surface area contributed by atoms with Crippen LogP contribution in [0.4, 0.5) is 0 Å². The van der Waals surface area contributed by atoms with Crippen molar-refractivity contribution in [1.29, 1.82) is 0 Å². The van der Waals surface area contributed by atoms with Crippen LogP contribution in [0.2, 0.25) is 0 Å². The fourth-order valence-electron chi connectivity index (χ4n) is 1.73. The van der Waals surface area contributed by atoms with Crippen LogP contribution in [-0.4, -0.2) is 28.9 Å². The minimum Gasteiger partial charge on any atom is -0.411 e. The average molecular weight is 182 g/mol. The monoisotopic (exact) mass is 182 g/mol. The molecule has 0 spiro atoms. The standard InChI is InChI=1S/C10H18N2O/c1-3-12(4-2)10-8-6-5-7-9(10)11-13/h8,13H,3-7H2,1-2H3. The Kier molecular flexibility index (Phi) is 3.80. The van der Waals surface area contributed by atoms with Crippen molar-refractivity contribution in [3.05, 3.63) is 11.8 Å². The van der Waals surface area contributed by atoms with E-state index >= 15 is 0 Å². The molecule has 3 heteroatoms. The molecule has 0 atom stereocenters. The zero-order chi connectivity index (χ0) is 9.68. The van der Waals surface area contributed by atoms with Crippen molar-refractivity contribution in [1.82, 2.24) is 4.90 Å². The Hall–Kier alpha value is -0.990. The number of rotatable bonds is 3. The van der Waals surface area contributed by atoms with Gasteiger partial charge in [-0.05, 0) is 33.1 Å². The first-order valence-electron chi connectivity index (χ1n) is 4.99. The summed E-state index contributed by atoms with van der Waals surface area (Å²) < 4.78 is 0. The molecule has 0 aromatic carbocycles. The van der Waals surface area contributed by atoms with Gasteiger partial charge in [-0.1, -0.05) is 11.2 Å². The topological polar surface area (TPSA) is 35.8 Å². The summed E-state index contributed by atoms with van der Waals surface area (Å²) in [5, 5.41) is 12.2. The van der Waals surface area contributed by atoms with Crippen LogP contribution in [0, 0.1) is 0 Å². The maximum Gasteiger partial charge on any atom is 0.102 e. The molecule has 1 aliphatic rings. The molecule has 1 rings (SSSR count). The average Bonchev–Trinajstić information content (AvgIpc) is 2.20. The van der Waals surface area contributed by atoms with Crippen LogP contribution in [-0.2, 0) is 0 Å². The summed E-state index contributed by atoms with van der Waals surface area (Å²) in [6.07, 6.45) is 5.28. The van der Waals surface area contributed by atoms with Gasteiger partial charge in [0, 0.05) is 13.1 Å². The van der Waals surface area contributed by atoms with Gasteiger partial charge in [0.05, 0.1) is 5.70 Å². The summed E-state index contributed by atoms with van der Waals surface area (Å²) >= 11 is 0. The third-order valence-electron chi connectivity index (χ3n) is 2.48. The highest BCUT2D eigenvalue weighted by Gasteiger charge is 2.16. The van der Waals surface area contributed by atoms with Crippen molar-refractivity contribution in [2.24, 2.45) is 5.16 Å². The van der Waals surface area contributed by atoms with Crippen LogP contribution >= 0.6 is 0 Å². The zero-order valence-corrected chi connectivity index (χ0v) is 8.45. The minimum absolute atomic E-state index is 0.843. The Labute approximate surface area is 79.7 Å².